The Hall–Kier alpha value is -1.17. The van der Waals surface area contributed by atoms with Gasteiger partial charge in [0.2, 0.25) is 0 Å². The van der Waals surface area contributed by atoms with Gasteiger partial charge in [-0.1, -0.05) is 0 Å². The lowest BCUT2D eigenvalue weighted by Gasteiger charge is -2.29. The average molecular weight is 246 g/mol. The molecule has 0 aliphatic carbocycles. The van der Waals surface area contributed by atoms with Gasteiger partial charge in [-0.15, -0.1) is 0 Å². The summed E-state index contributed by atoms with van der Waals surface area (Å²) in [5, 5.41) is 0. The SMILES string of the molecule is Nc1c(F)cc(F)cc1N1CCS(=O)CC1. The van der Waals surface area contributed by atoms with Gasteiger partial charge in [0.05, 0.1) is 11.4 Å². The van der Waals surface area contributed by atoms with Gasteiger partial charge in [-0.25, -0.2) is 8.78 Å². The van der Waals surface area contributed by atoms with Crippen LogP contribution < -0.4 is 10.6 Å². The molecule has 0 spiro atoms. The van der Waals surface area contributed by atoms with E-state index in [1.807, 2.05) is 0 Å². The van der Waals surface area contributed by atoms with Crippen LogP contribution in [0.15, 0.2) is 12.1 Å². The minimum atomic E-state index is -0.822. The Balaban J connectivity index is 2.29. The van der Waals surface area contributed by atoms with Crippen molar-refractivity contribution in [2.75, 3.05) is 35.2 Å². The van der Waals surface area contributed by atoms with Crippen molar-refractivity contribution in [2.24, 2.45) is 0 Å². The lowest BCUT2D eigenvalue weighted by molar-refractivity contribution is 0.585. The molecule has 88 valence electrons. The highest BCUT2D eigenvalue weighted by atomic mass is 32.2. The number of benzene rings is 1. The van der Waals surface area contributed by atoms with Crippen LogP contribution in [0.3, 0.4) is 0 Å². The van der Waals surface area contributed by atoms with Crippen LogP contribution in [-0.2, 0) is 10.8 Å². The highest BCUT2D eigenvalue weighted by Crippen LogP contribution is 2.27. The largest absolute Gasteiger partial charge is 0.395 e. The number of nitrogens with two attached hydrogens (primary N) is 1. The highest BCUT2D eigenvalue weighted by Gasteiger charge is 2.19. The van der Waals surface area contributed by atoms with E-state index in [9.17, 15) is 13.0 Å². The number of nitrogens with zero attached hydrogens (tertiary/aromatic N) is 1. The fourth-order valence-electron chi connectivity index (χ4n) is 1.71. The van der Waals surface area contributed by atoms with Gasteiger partial charge in [0, 0.05) is 41.5 Å². The Morgan fingerprint density at radius 3 is 2.50 bits per heavy atom. The molecule has 1 aromatic rings. The molecule has 0 unspecified atom stereocenters. The Morgan fingerprint density at radius 1 is 1.25 bits per heavy atom. The van der Waals surface area contributed by atoms with Crippen LogP contribution >= 0.6 is 0 Å². The maximum absolute atomic E-state index is 13.2. The Labute approximate surface area is 94.7 Å². The molecule has 1 aliphatic heterocycles. The van der Waals surface area contributed by atoms with E-state index >= 15 is 0 Å². The molecule has 1 aliphatic rings. The summed E-state index contributed by atoms with van der Waals surface area (Å²) >= 11 is 0. The predicted octanol–water partition coefficient (Wildman–Crippen LogP) is 1.12. The van der Waals surface area contributed by atoms with Crippen molar-refractivity contribution in [3.8, 4) is 0 Å². The number of anilines is 2. The first-order chi connectivity index (χ1) is 7.58. The molecule has 0 saturated carbocycles. The van der Waals surface area contributed by atoms with Crippen LogP contribution in [0, 0.1) is 11.6 Å². The Morgan fingerprint density at radius 2 is 1.88 bits per heavy atom. The van der Waals surface area contributed by atoms with Gasteiger partial charge >= 0.3 is 0 Å². The first-order valence-corrected chi connectivity index (χ1v) is 6.41. The zero-order chi connectivity index (χ0) is 11.7. The molecule has 16 heavy (non-hydrogen) atoms. The molecule has 0 amide bonds. The number of halogens is 2. The number of nitrogen functional groups attached to an aromatic ring is 1. The molecule has 0 atom stereocenters. The topological polar surface area (TPSA) is 46.3 Å². The van der Waals surface area contributed by atoms with Crippen molar-refractivity contribution in [1.82, 2.24) is 0 Å². The standard InChI is InChI=1S/C10H12F2N2OS/c11-7-5-8(12)10(13)9(6-7)14-1-3-16(15)4-2-14/h5-6H,1-4,13H2. The second-order valence-corrected chi connectivity index (χ2v) is 5.35. The van der Waals surface area contributed by atoms with Crippen LogP contribution in [0.25, 0.3) is 0 Å². The molecule has 2 rings (SSSR count). The Bertz CT molecular complexity index is 429. The van der Waals surface area contributed by atoms with Gasteiger partial charge in [0.1, 0.15) is 5.82 Å². The molecule has 1 heterocycles. The predicted molar refractivity (Wildman–Crippen MR) is 60.9 cm³/mol. The summed E-state index contributed by atoms with van der Waals surface area (Å²) in [6.45, 7) is 1.03. The maximum Gasteiger partial charge on any atom is 0.151 e. The number of hydrogen-bond acceptors (Lipinski definition) is 3. The summed E-state index contributed by atoms with van der Waals surface area (Å²) in [6.07, 6.45) is 0. The third-order valence-electron chi connectivity index (χ3n) is 2.59. The molecule has 0 bridgehead atoms. The minimum absolute atomic E-state index is 0.0471. The lowest BCUT2D eigenvalue weighted by atomic mass is 10.2. The van der Waals surface area contributed by atoms with E-state index in [0.717, 1.165) is 6.07 Å². The van der Waals surface area contributed by atoms with E-state index in [4.69, 9.17) is 5.73 Å². The molecular formula is C10H12F2N2OS. The van der Waals surface area contributed by atoms with Crippen LogP contribution in [0.5, 0.6) is 0 Å². The monoisotopic (exact) mass is 246 g/mol. The van der Waals surface area contributed by atoms with Crippen molar-refractivity contribution < 1.29 is 13.0 Å². The Kier molecular flexibility index (Phi) is 3.09. The maximum atomic E-state index is 13.2. The van der Waals surface area contributed by atoms with E-state index in [1.54, 1.807) is 4.90 Å². The van der Waals surface area contributed by atoms with Gasteiger partial charge in [-0.3, -0.25) is 4.21 Å². The van der Waals surface area contributed by atoms with Gasteiger partial charge < -0.3 is 10.6 Å². The smallest absolute Gasteiger partial charge is 0.151 e. The van der Waals surface area contributed by atoms with Crippen LogP contribution in [0.1, 0.15) is 0 Å². The molecule has 2 N–H and O–H groups in total. The van der Waals surface area contributed by atoms with E-state index in [0.29, 0.717) is 30.3 Å². The highest BCUT2D eigenvalue weighted by molar-refractivity contribution is 7.85. The molecule has 0 radical (unpaired) electrons. The zero-order valence-electron chi connectivity index (χ0n) is 8.58. The fourth-order valence-corrected chi connectivity index (χ4v) is 2.76. The molecular weight excluding hydrogens is 234 g/mol. The van der Waals surface area contributed by atoms with Crippen LogP contribution in [0.2, 0.25) is 0 Å². The van der Waals surface area contributed by atoms with Crippen molar-refractivity contribution in [3.05, 3.63) is 23.8 Å². The summed E-state index contributed by atoms with van der Waals surface area (Å²) < 4.78 is 37.4. The van der Waals surface area contributed by atoms with E-state index < -0.39 is 22.4 Å². The van der Waals surface area contributed by atoms with Gasteiger partial charge in [-0.05, 0) is 6.07 Å². The van der Waals surface area contributed by atoms with Gasteiger partial charge in [-0.2, -0.15) is 0 Å². The summed E-state index contributed by atoms with van der Waals surface area (Å²) in [5.41, 5.74) is 5.87. The molecule has 6 heteroatoms. The van der Waals surface area contributed by atoms with Crippen LogP contribution in [0.4, 0.5) is 20.2 Å². The normalized spacial score (nSPS) is 17.8. The first-order valence-electron chi connectivity index (χ1n) is 4.92. The minimum Gasteiger partial charge on any atom is -0.395 e. The summed E-state index contributed by atoms with van der Waals surface area (Å²) in [7, 11) is -0.822. The first kappa shape index (κ1) is 11.3. The quantitative estimate of drug-likeness (QED) is 0.755. The molecule has 3 nitrogen and oxygen atoms in total. The van der Waals surface area contributed by atoms with E-state index in [2.05, 4.69) is 0 Å². The molecule has 1 saturated heterocycles. The summed E-state index contributed by atoms with van der Waals surface area (Å²) in [4.78, 5) is 1.77. The summed E-state index contributed by atoms with van der Waals surface area (Å²) in [6, 6.07) is 1.98. The average Bonchev–Trinajstić information content (AvgIpc) is 2.25. The fraction of sp³-hybridized carbons (Fsp3) is 0.400. The van der Waals surface area contributed by atoms with Crippen molar-refractivity contribution >= 4 is 22.2 Å². The second kappa shape index (κ2) is 4.37. The van der Waals surface area contributed by atoms with Crippen molar-refractivity contribution in [1.29, 1.82) is 0 Å². The van der Waals surface area contributed by atoms with Gasteiger partial charge in [0.25, 0.3) is 0 Å². The molecule has 1 fully saturated rings. The second-order valence-electron chi connectivity index (χ2n) is 3.66. The summed E-state index contributed by atoms with van der Waals surface area (Å²) in [5.74, 6) is -0.370. The lowest BCUT2D eigenvalue weighted by Crippen LogP contribution is -2.38. The number of rotatable bonds is 1. The molecule has 1 aromatic carbocycles. The van der Waals surface area contributed by atoms with E-state index in [-0.39, 0.29) is 5.69 Å². The number of hydrogen-bond donors (Lipinski definition) is 1. The van der Waals surface area contributed by atoms with E-state index in [1.165, 1.54) is 6.07 Å². The third-order valence-corrected chi connectivity index (χ3v) is 3.87. The van der Waals surface area contributed by atoms with Crippen LogP contribution in [-0.4, -0.2) is 28.8 Å². The zero-order valence-corrected chi connectivity index (χ0v) is 9.40. The molecule has 0 aromatic heterocycles. The third kappa shape index (κ3) is 2.16. The van der Waals surface area contributed by atoms with Gasteiger partial charge in [0.15, 0.2) is 5.82 Å². The van der Waals surface area contributed by atoms with Crippen molar-refractivity contribution in [3.63, 3.8) is 0 Å². The van der Waals surface area contributed by atoms with Crippen molar-refractivity contribution in [2.45, 2.75) is 0 Å².